The topological polar surface area (TPSA) is 220 Å². The van der Waals surface area contributed by atoms with Crippen molar-refractivity contribution < 1.29 is 43.3 Å². The molecule has 7 aromatic rings. The fraction of sp³-hybridized carbons (Fsp3) is 0.269. The molecule has 18 heteroatoms. The summed E-state index contributed by atoms with van der Waals surface area (Å²) in [6, 6.07) is 30.0. The Balaban J connectivity index is 0.772. The molecular formula is C52H52N8O9S. The van der Waals surface area contributed by atoms with E-state index < -0.39 is 12.3 Å². The zero-order valence-electron chi connectivity index (χ0n) is 39.0. The molecule has 6 N–H and O–H groups in total. The van der Waals surface area contributed by atoms with Crippen LogP contribution >= 0.6 is 11.8 Å². The van der Waals surface area contributed by atoms with Crippen molar-refractivity contribution in [2.45, 2.75) is 51.1 Å². The number of likely N-dealkylation sites (tertiary alicyclic amines) is 1. The molecule has 0 radical (unpaired) electrons. The minimum Gasteiger partial charge on any atom is -0.507 e. The van der Waals surface area contributed by atoms with Gasteiger partial charge in [-0.3, -0.25) is 24.1 Å². The van der Waals surface area contributed by atoms with Gasteiger partial charge in [0.2, 0.25) is 11.8 Å². The van der Waals surface area contributed by atoms with Crippen molar-refractivity contribution in [2.75, 3.05) is 54.7 Å². The molecule has 9 rings (SSSR count). The Hall–Kier alpha value is -7.67. The molecule has 0 aliphatic carbocycles. The zero-order valence-corrected chi connectivity index (χ0v) is 39.8. The first kappa shape index (κ1) is 47.4. The lowest BCUT2D eigenvalue weighted by atomic mass is 9.95. The summed E-state index contributed by atoms with van der Waals surface area (Å²) in [5.74, 6) is 0.604. The number of thioether (sulfide) groups is 1. The predicted molar refractivity (Wildman–Crippen MR) is 271 cm³/mol. The summed E-state index contributed by atoms with van der Waals surface area (Å²) >= 11 is 1.46. The number of nitrogens with zero attached hydrogens (tertiary/aromatic N) is 3. The van der Waals surface area contributed by atoms with Crippen LogP contribution in [0.1, 0.15) is 77.9 Å². The lowest BCUT2D eigenvalue weighted by Crippen LogP contribution is -2.34. The average Bonchev–Trinajstić information content (AvgIpc) is 4.13. The zero-order chi connectivity index (χ0) is 49.1. The number of aromatic amines is 2. The van der Waals surface area contributed by atoms with Crippen LogP contribution in [0.2, 0.25) is 0 Å². The van der Waals surface area contributed by atoms with E-state index in [9.17, 15) is 29.1 Å². The third kappa shape index (κ3) is 10.1. The van der Waals surface area contributed by atoms with E-state index in [4.69, 9.17) is 14.2 Å². The molecule has 360 valence electrons. The van der Waals surface area contributed by atoms with Crippen molar-refractivity contribution in [3.8, 4) is 11.5 Å². The predicted octanol–water partition coefficient (Wildman–Crippen LogP) is 9.03. The number of urea groups is 1. The first-order valence-electron chi connectivity index (χ1n) is 22.9. The van der Waals surface area contributed by atoms with E-state index in [0.717, 1.165) is 38.6 Å². The summed E-state index contributed by atoms with van der Waals surface area (Å²) in [5.41, 5.74) is 8.64. The molecule has 3 atom stereocenters. The summed E-state index contributed by atoms with van der Waals surface area (Å²) in [7, 11) is 1.57. The van der Waals surface area contributed by atoms with E-state index in [2.05, 4.69) is 38.1 Å². The number of aromatic nitrogens is 2. The van der Waals surface area contributed by atoms with E-state index in [0.29, 0.717) is 63.8 Å². The Labute approximate surface area is 406 Å². The van der Waals surface area contributed by atoms with Gasteiger partial charge in [0, 0.05) is 81.2 Å². The second-order valence-electron chi connectivity index (χ2n) is 17.2. The van der Waals surface area contributed by atoms with Crippen molar-refractivity contribution in [2.24, 2.45) is 5.10 Å². The van der Waals surface area contributed by atoms with Crippen molar-refractivity contribution in [3.05, 3.63) is 126 Å². The van der Waals surface area contributed by atoms with Crippen LogP contribution in [0, 0.1) is 0 Å². The molecule has 0 saturated carbocycles. The van der Waals surface area contributed by atoms with Gasteiger partial charge in [-0.1, -0.05) is 50.2 Å². The molecule has 17 nitrogen and oxygen atoms in total. The lowest BCUT2D eigenvalue weighted by Gasteiger charge is -2.21. The van der Waals surface area contributed by atoms with Gasteiger partial charge in [0.1, 0.15) is 22.9 Å². The summed E-state index contributed by atoms with van der Waals surface area (Å²) in [6.45, 7) is 6.64. The minimum atomic E-state index is -0.802. The highest BCUT2D eigenvalue weighted by Gasteiger charge is 2.38. The monoisotopic (exact) mass is 964 g/mol. The van der Waals surface area contributed by atoms with E-state index in [1.807, 2.05) is 43.3 Å². The largest absolute Gasteiger partial charge is 0.507 e. The van der Waals surface area contributed by atoms with E-state index >= 15 is 0 Å². The Kier molecular flexibility index (Phi) is 13.9. The molecule has 1 fully saturated rings. The number of amides is 6. The van der Waals surface area contributed by atoms with Crippen LogP contribution in [0.25, 0.3) is 32.6 Å². The van der Waals surface area contributed by atoms with Gasteiger partial charge in [-0.25, -0.2) is 10.2 Å². The number of nitrogens with one attached hydrogen (secondary N) is 5. The number of hydrogen-bond donors (Lipinski definition) is 6. The minimum absolute atomic E-state index is 0.0752. The Bertz CT molecular complexity index is 3180. The number of aromatic hydroxyl groups is 1. The number of fused-ring (bicyclic) bond motifs is 5. The summed E-state index contributed by atoms with van der Waals surface area (Å²) in [4.78, 5) is 74.8. The van der Waals surface area contributed by atoms with Crippen LogP contribution in [-0.4, -0.2) is 99.8 Å². The number of carbonyl (C=O) groups is 5. The van der Waals surface area contributed by atoms with E-state index in [1.54, 1.807) is 85.7 Å². The fourth-order valence-corrected chi connectivity index (χ4v) is 9.84. The highest BCUT2D eigenvalue weighted by molar-refractivity contribution is 8.00. The van der Waals surface area contributed by atoms with Gasteiger partial charge in [0.05, 0.1) is 37.8 Å². The molecule has 70 heavy (non-hydrogen) atoms. The van der Waals surface area contributed by atoms with Crippen molar-refractivity contribution in [3.63, 3.8) is 0 Å². The number of phenolic OH excluding ortho intramolecular Hbond substituents is 1. The number of benzene rings is 5. The molecule has 3 unspecified atom stereocenters. The molecule has 2 aliphatic rings. The molecule has 6 amide bonds. The van der Waals surface area contributed by atoms with Crippen molar-refractivity contribution >= 4 is 96.8 Å². The van der Waals surface area contributed by atoms with Gasteiger partial charge >= 0.3 is 6.03 Å². The SMILES string of the molecule is CCSC1CC(=O)N(CCOC(OCC/C(C)=N\NC(=O)Nc2ccc3[nH]c(C(=O)Nc4ccc5[nH]c(C(=O)N6CC(C)c7c6cc(O)c6ccccc76)cc5c4)cc3c2)c2ccc(OC)cc2)C1=O. The van der Waals surface area contributed by atoms with Crippen LogP contribution in [-0.2, 0) is 19.1 Å². The van der Waals surface area contributed by atoms with Gasteiger partial charge in [0.25, 0.3) is 11.8 Å². The second kappa shape index (κ2) is 20.5. The first-order chi connectivity index (χ1) is 33.9. The van der Waals surface area contributed by atoms with Crippen LogP contribution in [0.3, 0.4) is 0 Å². The molecule has 0 spiro atoms. The Morgan fingerprint density at radius 3 is 2.24 bits per heavy atom. The van der Waals surface area contributed by atoms with Gasteiger partial charge in [0.15, 0.2) is 6.29 Å². The number of imide groups is 1. The summed E-state index contributed by atoms with van der Waals surface area (Å²) < 4.78 is 17.4. The maximum absolute atomic E-state index is 13.9. The molecule has 5 aromatic carbocycles. The normalized spacial score (nSPS) is 16.3. The molecule has 2 aromatic heterocycles. The number of carbonyl (C=O) groups excluding carboxylic acids is 5. The molecule has 0 bridgehead atoms. The summed E-state index contributed by atoms with van der Waals surface area (Å²) in [5, 5.41) is 23.5. The van der Waals surface area contributed by atoms with Crippen molar-refractivity contribution in [1.82, 2.24) is 20.3 Å². The fourth-order valence-electron chi connectivity index (χ4n) is 8.91. The average molecular weight is 965 g/mol. The molecule has 2 aliphatic heterocycles. The number of anilines is 3. The first-order valence-corrected chi connectivity index (χ1v) is 24.0. The van der Waals surface area contributed by atoms with Crippen LogP contribution < -0.4 is 25.7 Å². The van der Waals surface area contributed by atoms with E-state index in [1.165, 1.54) is 16.7 Å². The van der Waals surface area contributed by atoms with Crippen LogP contribution in [0.4, 0.5) is 21.9 Å². The maximum Gasteiger partial charge on any atom is 0.339 e. The smallest absolute Gasteiger partial charge is 0.339 e. The highest BCUT2D eigenvalue weighted by atomic mass is 32.2. The standard InChI is InChI=1S/C52H52N8O9S/c1-5-70-45-27-46(62)59(50(45)65)19-21-69-51(31-10-14-36(67-4)15-11-31)68-20-18-30(3)57-58-52(66)54-35-13-17-39-32(23-35)24-41(55-39)48(63)53-34-12-16-40-33(22-34)25-42(56-40)49(64)60-28-29(2)47-38-9-7-6-8-37(38)44(61)26-43(47)60/h6-17,22-26,29,45,51,55-56,61H,5,18-21,27-28H2,1-4H3,(H,53,63)(H2,54,58,66)/b57-30-. The van der Waals surface area contributed by atoms with Crippen LogP contribution in [0.5, 0.6) is 11.5 Å². The van der Waals surface area contributed by atoms with Gasteiger partial charge in [-0.2, -0.15) is 5.10 Å². The Morgan fingerprint density at radius 1 is 0.857 bits per heavy atom. The number of rotatable bonds is 17. The maximum atomic E-state index is 13.9. The second-order valence-corrected chi connectivity index (χ2v) is 18.6. The quantitative estimate of drug-likeness (QED) is 0.0220. The van der Waals surface area contributed by atoms with Gasteiger partial charge in [-0.05, 0) is 84.3 Å². The van der Waals surface area contributed by atoms with Gasteiger partial charge in [-0.15, -0.1) is 11.8 Å². The number of hydrazone groups is 1. The highest BCUT2D eigenvalue weighted by Crippen LogP contribution is 2.45. The summed E-state index contributed by atoms with van der Waals surface area (Å²) in [6.07, 6.45) is -0.256. The molecule has 1 saturated heterocycles. The number of methoxy groups -OCH3 is 1. The molecule has 4 heterocycles. The van der Waals surface area contributed by atoms with E-state index in [-0.39, 0.29) is 66.7 Å². The number of hydrogen-bond acceptors (Lipinski definition) is 11. The third-order valence-electron chi connectivity index (χ3n) is 12.4. The number of phenols is 1. The van der Waals surface area contributed by atoms with Gasteiger partial charge < -0.3 is 44.8 Å². The van der Waals surface area contributed by atoms with Crippen LogP contribution in [0.15, 0.2) is 108 Å². The molecular weight excluding hydrogens is 913 g/mol. The number of ether oxygens (including phenoxy) is 3. The number of H-pyrrole nitrogens is 2. The Morgan fingerprint density at radius 2 is 1.53 bits per heavy atom. The lowest BCUT2D eigenvalue weighted by molar-refractivity contribution is -0.155. The van der Waals surface area contributed by atoms with Crippen molar-refractivity contribution in [1.29, 1.82) is 0 Å². The third-order valence-corrected chi connectivity index (χ3v) is 13.5.